The Morgan fingerprint density at radius 2 is 1.69 bits per heavy atom. The summed E-state index contributed by atoms with van der Waals surface area (Å²) < 4.78 is 5.88. The van der Waals surface area contributed by atoms with Crippen molar-refractivity contribution in [2.75, 3.05) is 5.75 Å². The molecule has 2 aromatic rings. The first-order chi connectivity index (χ1) is 14.0. The van der Waals surface area contributed by atoms with Crippen molar-refractivity contribution in [3.05, 3.63) is 82.5 Å². The second-order valence-corrected chi connectivity index (χ2v) is 8.60. The zero-order valence-electron chi connectivity index (χ0n) is 15.7. The number of β-lactam (4-membered cyclic amide) rings is 1. The van der Waals surface area contributed by atoms with Gasteiger partial charge in [-0.25, -0.2) is 4.79 Å². The quantitative estimate of drug-likeness (QED) is 0.580. The number of carbonyl (C=O) groups excluding carboxylic acids is 2. The van der Waals surface area contributed by atoms with Crippen molar-refractivity contribution in [1.82, 2.24) is 4.90 Å². The van der Waals surface area contributed by atoms with Crippen LogP contribution in [0.25, 0.3) is 0 Å². The minimum Gasteiger partial charge on any atom is -0.448 e. The molecule has 2 aliphatic heterocycles. The highest BCUT2D eigenvalue weighted by Gasteiger charge is 2.55. The molecule has 2 unspecified atom stereocenters. The normalized spacial score (nSPS) is 22.2. The lowest BCUT2D eigenvalue weighted by molar-refractivity contribution is -0.160. The first kappa shape index (κ1) is 20.0. The van der Waals surface area contributed by atoms with Crippen LogP contribution in [-0.4, -0.2) is 39.1 Å². The lowest BCUT2D eigenvalue weighted by atomic mass is 9.91. The summed E-state index contributed by atoms with van der Waals surface area (Å²) in [5, 5.41) is 9.87. The number of amides is 1. The Bertz CT molecular complexity index is 908. The zero-order valence-corrected chi connectivity index (χ0v) is 17.3. The first-order valence-corrected chi connectivity index (χ1v) is 10.7. The molecule has 2 aliphatic rings. The number of benzene rings is 2. The maximum Gasteiger partial charge on any atom is 0.357 e. The number of thioether (sulfide) groups is 1. The number of esters is 1. The molecule has 3 atom stereocenters. The van der Waals surface area contributed by atoms with E-state index in [2.05, 4.69) is 0 Å². The van der Waals surface area contributed by atoms with E-state index in [-0.39, 0.29) is 22.0 Å². The first-order valence-electron chi connectivity index (χ1n) is 9.31. The van der Waals surface area contributed by atoms with Gasteiger partial charge < -0.3 is 9.84 Å². The minimum atomic E-state index is -0.785. The molecular formula is C22H20ClNO4S. The molecule has 1 amide bonds. The fourth-order valence-electron chi connectivity index (χ4n) is 3.66. The van der Waals surface area contributed by atoms with Crippen LogP contribution in [-0.2, 0) is 14.3 Å². The Hall–Kier alpha value is -2.28. The summed E-state index contributed by atoms with van der Waals surface area (Å²) in [7, 11) is 0. The molecule has 2 heterocycles. The van der Waals surface area contributed by atoms with Crippen molar-refractivity contribution in [3.63, 3.8) is 0 Å². The number of hydrogen-bond acceptors (Lipinski definition) is 5. The molecule has 0 saturated carbocycles. The Morgan fingerprint density at radius 1 is 1.14 bits per heavy atom. The van der Waals surface area contributed by atoms with Gasteiger partial charge in [-0.15, -0.1) is 11.8 Å². The van der Waals surface area contributed by atoms with E-state index in [1.807, 2.05) is 60.7 Å². The van der Waals surface area contributed by atoms with E-state index in [4.69, 9.17) is 16.3 Å². The Kier molecular flexibility index (Phi) is 5.67. The van der Waals surface area contributed by atoms with E-state index < -0.39 is 24.1 Å². The predicted octanol–water partition coefficient (Wildman–Crippen LogP) is 3.68. The summed E-state index contributed by atoms with van der Waals surface area (Å²) in [5.74, 6) is -1.09. The summed E-state index contributed by atoms with van der Waals surface area (Å²) in [4.78, 5) is 27.1. The fourth-order valence-corrected chi connectivity index (χ4v) is 5.38. The second-order valence-electron chi connectivity index (χ2n) is 7.04. The molecular weight excluding hydrogens is 410 g/mol. The van der Waals surface area contributed by atoms with Crippen LogP contribution in [0.1, 0.15) is 24.2 Å². The summed E-state index contributed by atoms with van der Waals surface area (Å²) in [6.45, 7) is 1.58. The number of fused-ring (bicyclic) bond motifs is 1. The summed E-state index contributed by atoms with van der Waals surface area (Å²) >= 11 is 7.78. The molecule has 0 radical (unpaired) electrons. The molecule has 0 spiro atoms. The van der Waals surface area contributed by atoms with Crippen LogP contribution in [0.3, 0.4) is 0 Å². The van der Waals surface area contributed by atoms with E-state index >= 15 is 0 Å². The number of halogens is 1. The Balaban J connectivity index is 1.63. The molecule has 4 rings (SSSR count). The maximum atomic E-state index is 13.1. The van der Waals surface area contributed by atoms with Crippen molar-refractivity contribution in [2.24, 2.45) is 5.92 Å². The molecule has 0 aliphatic carbocycles. The smallest absolute Gasteiger partial charge is 0.357 e. The van der Waals surface area contributed by atoms with Gasteiger partial charge in [-0.05, 0) is 18.1 Å². The Morgan fingerprint density at radius 3 is 2.21 bits per heavy atom. The molecule has 29 heavy (non-hydrogen) atoms. The number of hydrogen-bond donors (Lipinski definition) is 1. The van der Waals surface area contributed by atoms with Crippen molar-refractivity contribution >= 4 is 35.2 Å². The van der Waals surface area contributed by atoms with Crippen LogP contribution in [0, 0.1) is 5.92 Å². The molecule has 0 bridgehead atoms. The summed E-state index contributed by atoms with van der Waals surface area (Å²) in [6.07, 6.45) is -1.41. The van der Waals surface area contributed by atoms with Gasteiger partial charge >= 0.3 is 5.97 Å². The van der Waals surface area contributed by atoms with Gasteiger partial charge in [0.1, 0.15) is 5.70 Å². The minimum absolute atomic E-state index is 0.0779. The number of ether oxygens (including phenoxy) is 1. The molecule has 5 nitrogen and oxygen atoms in total. The SMILES string of the molecule is CC(O)C1C(=O)N2C(C(=O)OC(c3ccccc3)c3ccccc3)=C(Cl)CS[C@@H]12. The largest absolute Gasteiger partial charge is 0.448 e. The highest BCUT2D eigenvalue weighted by Crippen LogP contribution is 2.46. The van der Waals surface area contributed by atoms with E-state index in [0.717, 1.165) is 11.1 Å². The molecule has 1 fully saturated rings. The van der Waals surface area contributed by atoms with Crippen LogP contribution >= 0.6 is 23.4 Å². The number of carbonyl (C=O) groups is 2. The van der Waals surface area contributed by atoms with Gasteiger partial charge in [0.25, 0.3) is 0 Å². The molecule has 0 aromatic heterocycles. The number of rotatable bonds is 5. The average molecular weight is 430 g/mol. The van der Waals surface area contributed by atoms with E-state index in [1.54, 1.807) is 6.92 Å². The lowest BCUT2D eigenvalue weighted by Gasteiger charge is -2.50. The highest BCUT2D eigenvalue weighted by molar-refractivity contribution is 8.00. The van der Waals surface area contributed by atoms with Gasteiger partial charge in [0.15, 0.2) is 6.10 Å². The number of nitrogens with zero attached hydrogens (tertiary/aromatic N) is 1. The third kappa shape index (κ3) is 3.68. The fraction of sp³-hybridized carbons (Fsp3) is 0.273. The molecule has 150 valence electrons. The summed E-state index contributed by atoms with van der Waals surface area (Å²) in [5.41, 5.74) is 1.72. The van der Waals surface area contributed by atoms with Gasteiger partial charge in [0.2, 0.25) is 5.91 Å². The third-order valence-corrected chi connectivity index (χ3v) is 6.88. The van der Waals surface area contributed by atoms with Crippen LogP contribution in [0.2, 0.25) is 0 Å². The molecule has 1 saturated heterocycles. The second kappa shape index (κ2) is 8.22. The zero-order chi connectivity index (χ0) is 20.5. The predicted molar refractivity (Wildman–Crippen MR) is 112 cm³/mol. The van der Waals surface area contributed by atoms with E-state index in [0.29, 0.717) is 5.75 Å². The highest BCUT2D eigenvalue weighted by atomic mass is 35.5. The molecule has 7 heteroatoms. The van der Waals surface area contributed by atoms with Crippen molar-refractivity contribution < 1.29 is 19.4 Å². The Labute approximate surface area is 178 Å². The topological polar surface area (TPSA) is 66.8 Å². The lowest BCUT2D eigenvalue weighted by Crippen LogP contribution is -2.64. The van der Waals surface area contributed by atoms with Gasteiger partial charge in [-0.2, -0.15) is 0 Å². The van der Waals surface area contributed by atoms with Gasteiger partial charge in [-0.1, -0.05) is 72.3 Å². The van der Waals surface area contributed by atoms with Crippen molar-refractivity contribution in [1.29, 1.82) is 0 Å². The van der Waals surface area contributed by atoms with Crippen LogP contribution in [0.15, 0.2) is 71.4 Å². The molecule has 2 aromatic carbocycles. The molecule has 1 N–H and O–H groups in total. The number of aliphatic hydroxyl groups is 1. The van der Waals surface area contributed by atoms with Gasteiger partial charge in [0.05, 0.1) is 22.4 Å². The number of aliphatic hydroxyl groups excluding tert-OH is 1. The van der Waals surface area contributed by atoms with E-state index in [9.17, 15) is 14.7 Å². The van der Waals surface area contributed by atoms with Crippen LogP contribution < -0.4 is 0 Å². The third-order valence-electron chi connectivity index (χ3n) is 5.11. The van der Waals surface area contributed by atoms with Crippen LogP contribution in [0.5, 0.6) is 0 Å². The maximum absolute atomic E-state index is 13.1. The van der Waals surface area contributed by atoms with Crippen molar-refractivity contribution in [2.45, 2.75) is 24.5 Å². The van der Waals surface area contributed by atoms with Crippen molar-refractivity contribution in [3.8, 4) is 0 Å². The average Bonchev–Trinajstić information content (AvgIpc) is 2.73. The van der Waals surface area contributed by atoms with Gasteiger partial charge in [-0.3, -0.25) is 9.69 Å². The monoisotopic (exact) mass is 429 g/mol. The van der Waals surface area contributed by atoms with E-state index in [1.165, 1.54) is 16.7 Å². The summed E-state index contributed by atoms with van der Waals surface area (Å²) in [6, 6.07) is 18.9. The standard InChI is InChI=1S/C22H20ClNO4S/c1-13(25)17-20(26)24-18(16(23)12-29-21(17)24)22(27)28-19(14-8-4-2-5-9-14)15-10-6-3-7-11-15/h2-11,13,17,19,21,25H,12H2,1H3/t13?,17?,21-/m0/s1. The van der Waals surface area contributed by atoms with Gasteiger partial charge in [0, 0.05) is 5.75 Å². The van der Waals surface area contributed by atoms with Crippen LogP contribution in [0.4, 0.5) is 0 Å².